The van der Waals surface area contributed by atoms with Gasteiger partial charge in [0.1, 0.15) is 12.0 Å². The van der Waals surface area contributed by atoms with Gasteiger partial charge in [-0.25, -0.2) is 0 Å². The van der Waals surface area contributed by atoms with Crippen LogP contribution in [0, 0.1) is 0 Å². The van der Waals surface area contributed by atoms with E-state index in [1.165, 1.54) is 0 Å². The molecular formula is C7H13NO2. The van der Waals surface area contributed by atoms with Crippen LogP contribution in [0.2, 0.25) is 0 Å². The molecule has 1 unspecified atom stereocenters. The van der Waals surface area contributed by atoms with Crippen molar-refractivity contribution in [1.29, 1.82) is 0 Å². The van der Waals surface area contributed by atoms with Crippen molar-refractivity contribution < 1.29 is 9.53 Å². The topological polar surface area (TPSA) is 38.3 Å². The van der Waals surface area contributed by atoms with Crippen molar-refractivity contribution in [3.63, 3.8) is 0 Å². The van der Waals surface area contributed by atoms with Crippen LogP contribution in [-0.2, 0) is 9.53 Å². The minimum Gasteiger partial charge on any atom is -0.360 e. The van der Waals surface area contributed by atoms with E-state index < -0.39 is 0 Å². The van der Waals surface area contributed by atoms with Crippen molar-refractivity contribution in [2.45, 2.75) is 32.0 Å². The minimum absolute atomic E-state index is 0.215. The van der Waals surface area contributed by atoms with Gasteiger partial charge in [0.2, 0.25) is 0 Å². The zero-order valence-electron chi connectivity index (χ0n) is 6.39. The highest BCUT2D eigenvalue weighted by atomic mass is 16.5. The number of aldehydes is 1. The summed E-state index contributed by atoms with van der Waals surface area (Å²) >= 11 is 0. The summed E-state index contributed by atoms with van der Waals surface area (Å²) in [5.41, 5.74) is -0.242. The van der Waals surface area contributed by atoms with Crippen LogP contribution in [0.15, 0.2) is 0 Å². The lowest BCUT2D eigenvalue weighted by atomic mass is 10.2. The van der Waals surface area contributed by atoms with Gasteiger partial charge in [-0.1, -0.05) is 0 Å². The molecule has 1 aliphatic heterocycles. The molecule has 1 atom stereocenters. The number of carbonyl (C=O) groups is 1. The van der Waals surface area contributed by atoms with E-state index >= 15 is 0 Å². The fourth-order valence-electron chi connectivity index (χ4n) is 1.13. The smallest absolute Gasteiger partial charge is 0.121 e. The van der Waals surface area contributed by atoms with Gasteiger partial charge in [0.15, 0.2) is 0 Å². The molecule has 1 aliphatic rings. The molecule has 3 heteroatoms. The van der Waals surface area contributed by atoms with Crippen LogP contribution in [0.3, 0.4) is 0 Å². The van der Waals surface area contributed by atoms with Crippen LogP contribution < -0.4 is 5.32 Å². The highest BCUT2D eigenvalue weighted by molar-refractivity contribution is 5.50. The molecule has 3 nitrogen and oxygen atoms in total. The Kier molecular flexibility index (Phi) is 2.06. The van der Waals surface area contributed by atoms with Crippen molar-refractivity contribution in [3.8, 4) is 0 Å². The Labute approximate surface area is 60.7 Å². The number of hydrogen-bond acceptors (Lipinski definition) is 3. The maximum atomic E-state index is 10.1. The summed E-state index contributed by atoms with van der Waals surface area (Å²) in [4.78, 5) is 10.1. The van der Waals surface area contributed by atoms with Crippen molar-refractivity contribution in [2.24, 2.45) is 0 Å². The van der Waals surface area contributed by atoms with Gasteiger partial charge in [-0.2, -0.15) is 0 Å². The molecule has 0 bridgehead atoms. The lowest BCUT2D eigenvalue weighted by molar-refractivity contribution is -0.108. The maximum Gasteiger partial charge on any atom is 0.121 e. The molecule has 0 aliphatic carbocycles. The summed E-state index contributed by atoms with van der Waals surface area (Å²) < 4.78 is 5.34. The molecule has 0 amide bonds. The first-order chi connectivity index (χ1) is 4.64. The van der Waals surface area contributed by atoms with Crippen LogP contribution in [0.4, 0.5) is 0 Å². The van der Waals surface area contributed by atoms with Crippen LogP contribution >= 0.6 is 0 Å². The Morgan fingerprint density at radius 1 is 1.80 bits per heavy atom. The van der Waals surface area contributed by atoms with Gasteiger partial charge >= 0.3 is 0 Å². The fraction of sp³-hybridized carbons (Fsp3) is 0.857. The third-order valence-corrected chi connectivity index (χ3v) is 1.58. The molecule has 1 saturated heterocycles. The molecule has 0 aromatic rings. The predicted molar refractivity (Wildman–Crippen MR) is 37.6 cm³/mol. The van der Waals surface area contributed by atoms with Crippen LogP contribution in [0.1, 0.15) is 20.3 Å². The van der Waals surface area contributed by atoms with Crippen LogP contribution in [0.25, 0.3) is 0 Å². The summed E-state index contributed by atoms with van der Waals surface area (Å²) in [6, 6.07) is 0.215. The van der Waals surface area contributed by atoms with E-state index in [1.807, 2.05) is 13.8 Å². The maximum absolute atomic E-state index is 10.1. The molecule has 0 aromatic carbocycles. The van der Waals surface area contributed by atoms with Crippen LogP contribution in [0.5, 0.6) is 0 Å². The zero-order chi connectivity index (χ0) is 7.61. The molecule has 1 fully saturated rings. The standard InChI is InChI=1S/C7H13NO2/c1-7(2)8-6(3-4-9)5-10-7/h4,6,8H,3,5H2,1-2H3. The zero-order valence-corrected chi connectivity index (χ0v) is 6.39. The second-order valence-corrected chi connectivity index (χ2v) is 3.06. The van der Waals surface area contributed by atoms with Crippen molar-refractivity contribution in [1.82, 2.24) is 5.32 Å². The molecule has 10 heavy (non-hydrogen) atoms. The Morgan fingerprint density at radius 2 is 2.50 bits per heavy atom. The first-order valence-electron chi connectivity index (χ1n) is 3.49. The van der Waals surface area contributed by atoms with Gasteiger partial charge in [-0.15, -0.1) is 0 Å². The molecular weight excluding hydrogens is 130 g/mol. The van der Waals surface area contributed by atoms with Crippen molar-refractivity contribution in [2.75, 3.05) is 6.61 Å². The highest BCUT2D eigenvalue weighted by Crippen LogP contribution is 2.14. The molecule has 0 saturated carbocycles. The van der Waals surface area contributed by atoms with E-state index in [4.69, 9.17) is 4.74 Å². The summed E-state index contributed by atoms with van der Waals surface area (Å²) in [7, 11) is 0. The van der Waals surface area contributed by atoms with Crippen molar-refractivity contribution >= 4 is 6.29 Å². The van der Waals surface area contributed by atoms with Gasteiger partial charge in [0, 0.05) is 12.5 Å². The highest BCUT2D eigenvalue weighted by Gasteiger charge is 2.29. The molecule has 0 radical (unpaired) electrons. The van der Waals surface area contributed by atoms with E-state index in [2.05, 4.69) is 5.32 Å². The summed E-state index contributed by atoms with van der Waals surface area (Å²) in [5.74, 6) is 0. The molecule has 1 heterocycles. The molecule has 0 aromatic heterocycles. The Balaban J connectivity index is 2.35. The molecule has 1 N–H and O–H groups in total. The lowest BCUT2D eigenvalue weighted by Gasteiger charge is -2.17. The normalized spacial score (nSPS) is 30.4. The van der Waals surface area contributed by atoms with Gasteiger partial charge in [-0.3, -0.25) is 5.32 Å². The van der Waals surface area contributed by atoms with E-state index in [9.17, 15) is 4.79 Å². The van der Waals surface area contributed by atoms with E-state index in [0.717, 1.165) is 6.29 Å². The first-order valence-corrected chi connectivity index (χ1v) is 3.49. The third kappa shape index (κ3) is 1.78. The van der Waals surface area contributed by atoms with Gasteiger partial charge in [0.25, 0.3) is 0 Å². The van der Waals surface area contributed by atoms with Crippen molar-refractivity contribution in [3.05, 3.63) is 0 Å². The third-order valence-electron chi connectivity index (χ3n) is 1.58. The van der Waals surface area contributed by atoms with Gasteiger partial charge < -0.3 is 9.53 Å². The Hall–Kier alpha value is -0.410. The second-order valence-electron chi connectivity index (χ2n) is 3.06. The number of hydrogen-bond donors (Lipinski definition) is 1. The number of rotatable bonds is 2. The average molecular weight is 143 g/mol. The summed E-state index contributed by atoms with van der Waals surface area (Å²) in [6.45, 7) is 4.56. The minimum atomic E-state index is -0.242. The summed E-state index contributed by atoms with van der Waals surface area (Å²) in [5, 5.41) is 3.18. The predicted octanol–water partition coefficient (Wildman–Crippen LogP) is 0.300. The Morgan fingerprint density at radius 3 is 2.90 bits per heavy atom. The van der Waals surface area contributed by atoms with Crippen LogP contribution in [-0.4, -0.2) is 24.7 Å². The van der Waals surface area contributed by atoms with Gasteiger partial charge in [0.05, 0.1) is 6.61 Å². The first kappa shape index (κ1) is 7.69. The number of nitrogens with one attached hydrogen (secondary N) is 1. The number of carbonyl (C=O) groups excluding carboxylic acids is 1. The summed E-state index contributed by atoms with van der Waals surface area (Å²) in [6.07, 6.45) is 1.46. The van der Waals surface area contributed by atoms with Gasteiger partial charge in [-0.05, 0) is 13.8 Å². The lowest BCUT2D eigenvalue weighted by Crippen LogP contribution is -2.38. The fourth-order valence-corrected chi connectivity index (χ4v) is 1.13. The SMILES string of the molecule is CC1(C)NC(CC=O)CO1. The van der Waals surface area contributed by atoms with E-state index in [-0.39, 0.29) is 11.8 Å². The second kappa shape index (κ2) is 2.68. The number of ether oxygens (including phenoxy) is 1. The Bertz CT molecular complexity index is 134. The monoisotopic (exact) mass is 143 g/mol. The molecule has 58 valence electrons. The average Bonchev–Trinajstić information content (AvgIpc) is 2.12. The largest absolute Gasteiger partial charge is 0.360 e. The molecule has 1 rings (SSSR count). The van der Waals surface area contributed by atoms with E-state index in [0.29, 0.717) is 13.0 Å². The van der Waals surface area contributed by atoms with E-state index in [1.54, 1.807) is 0 Å². The molecule has 0 spiro atoms. The quantitative estimate of drug-likeness (QED) is 0.565.